The third-order valence-electron chi connectivity index (χ3n) is 4.68. The van der Waals surface area contributed by atoms with Gasteiger partial charge in [0, 0.05) is 28.8 Å². The van der Waals surface area contributed by atoms with Crippen molar-refractivity contribution in [1.82, 2.24) is 10.2 Å². The summed E-state index contributed by atoms with van der Waals surface area (Å²) in [6.45, 7) is 1.86. The molecule has 9 nitrogen and oxygen atoms in total. The summed E-state index contributed by atoms with van der Waals surface area (Å²) >= 11 is 1.41. The molecule has 154 valence electrons. The minimum absolute atomic E-state index is 0.0110. The molecule has 3 heterocycles. The van der Waals surface area contributed by atoms with Crippen molar-refractivity contribution in [2.24, 2.45) is 4.99 Å². The molecule has 11 heteroatoms. The Morgan fingerprint density at radius 3 is 2.90 bits per heavy atom. The van der Waals surface area contributed by atoms with Crippen LogP contribution < -0.4 is 15.0 Å². The largest absolute Gasteiger partial charge is 0.497 e. The molecule has 0 aliphatic carbocycles. The van der Waals surface area contributed by atoms with Gasteiger partial charge in [0.25, 0.3) is 0 Å². The first-order chi connectivity index (χ1) is 13.8. The number of fused-ring (bicyclic) bond motifs is 1. The molecule has 1 saturated heterocycles. The number of H-pyrrole nitrogens is 1. The average molecular weight is 436 g/mol. The van der Waals surface area contributed by atoms with Gasteiger partial charge in [-0.25, -0.2) is 8.42 Å². The molecule has 2 atom stereocenters. The number of amidine groups is 1. The minimum Gasteiger partial charge on any atom is -0.497 e. The highest BCUT2D eigenvalue weighted by Crippen LogP contribution is 2.37. The Morgan fingerprint density at radius 2 is 2.21 bits per heavy atom. The normalized spacial score (nSPS) is 22.1. The number of methoxy groups -OCH3 is 1. The number of nitrogens with zero attached hydrogens (tertiary/aromatic N) is 3. The molecule has 1 fully saturated rings. The second-order valence-electron chi connectivity index (χ2n) is 6.98. The van der Waals surface area contributed by atoms with E-state index in [1.165, 1.54) is 11.8 Å². The molecule has 0 saturated carbocycles. The first kappa shape index (κ1) is 19.8. The number of hydrogen-bond acceptors (Lipinski definition) is 8. The standard InChI is InChI=1S/C18H21N5O4S2/c1-11-6-16(22-21-11)20-17(24)8-23(12-4-3-5-13(7-12)27-2)18-19-14-9-29(25,26)10-15(14)28-18/h3-7,14-15H,8-10H2,1-2H3,(H2,20,21,22,24)/t14-,15-/m0/s1. The smallest absolute Gasteiger partial charge is 0.245 e. The summed E-state index contributed by atoms with van der Waals surface area (Å²) in [5.41, 5.74) is 1.58. The topological polar surface area (TPSA) is 117 Å². The molecule has 0 radical (unpaired) electrons. The first-order valence-electron chi connectivity index (χ1n) is 9.01. The van der Waals surface area contributed by atoms with Gasteiger partial charge in [0.1, 0.15) is 12.3 Å². The third-order valence-corrected chi connectivity index (χ3v) is 7.92. The van der Waals surface area contributed by atoms with Crippen LogP contribution in [0.25, 0.3) is 0 Å². The SMILES string of the molecule is COc1cccc(N(CC(=O)Nc2cc(C)[nH]n2)C2=N[C@H]3CS(=O)(=O)C[C@@H]3S2)c1. The molecule has 4 rings (SSSR count). The van der Waals surface area contributed by atoms with Gasteiger partial charge in [-0.2, -0.15) is 5.10 Å². The molecule has 2 aliphatic rings. The van der Waals surface area contributed by atoms with E-state index in [9.17, 15) is 13.2 Å². The van der Waals surface area contributed by atoms with Crippen molar-refractivity contribution in [3.05, 3.63) is 36.0 Å². The van der Waals surface area contributed by atoms with Crippen molar-refractivity contribution in [3.63, 3.8) is 0 Å². The number of carbonyl (C=O) groups is 1. The number of sulfone groups is 1. The predicted molar refractivity (Wildman–Crippen MR) is 114 cm³/mol. The number of benzene rings is 1. The maximum atomic E-state index is 12.7. The Balaban J connectivity index is 1.58. The third kappa shape index (κ3) is 4.40. The van der Waals surface area contributed by atoms with Crippen LogP contribution in [0.15, 0.2) is 35.3 Å². The second kappa shape index (κ2) is 7.71. The van der Waals surface area contributed by atoms with E-state index in [0.29, 0.717) is 16.7 Å². The Kier molecular flexibility index (Phi) is 5.26. The van der Waals surface area contributed by atoms with Crippen molar-refractivity contribution in [2.45, 2.75) is 18.2 Å². The molecule has 2 aromatic rings. The van der Waals surface area contributed by atoms with Gasteiger partial charge in [0.2, 0.25) is 5.91 Å². The van der Waals surface area contributed by atoms with Crippen LogP contribution in [-0.2, 0) is 14.6 Å². The molecule has 0 unspecified atom stereocenters. The second-order valence-corrected chi connectivity index (χ2v) is 10.3. The van der Waals surface area contributed by atoms with Gasteiger partial charge in [-0.15, -0.1) is 0 Å². The van der Waals surface area contributed by atoms with Gasteiger partial charge < -0.3 is 15.0 Å². The van der Waals surface area contributed by atoms with E-state index < -0.39 is 9.84 Å². The fourth-order valence-corrected chi connectivity index (χ4v) is 7.11. The number of aliphatic imine (C=N–C) groups is 1. The monoisotopic (exact) mass is 435 g/mol. The summed E-state index contributed by atoms with van der Waals surface area (Å²) < 4.78 is 29.0. The van der Waals surface area contributed by atoms with Gasteiger partial charge in [-0.05, 0) is 19.1 Å². The zero-order valence-corrected chi connectivity index (χ0v) is 17.6. The zero-order valence-electron chi connectivity index (χ0n) is 16.0. The van der Waals surface area contributed by atoms with E-state index in [2.05, 4.69) is 20.5 Å². The molecule has 1 aromatic carbocycles. The highest BCUT2D eigenvalue weighted by molar-refractivity contribution is 8.15. The fourth-order valence-electron chi connectivity index (χ4n) is 3.33. The van der Waals surface area contributed by atoms with Crippen molar-refractivity contribution < 1.29 is 17.9 Å². The highest BCUT2D eigenvalue weighted by atomic mass is 32.2. The number of amides is 1. The molecule has 2 N–H and O–H groups in total. The highest BCUT2D eigenvalue weighted by Gasteiger charge is 2.44. The number of ether oxygens (including phenoxy) is 1. The lowest BCUT2D eigenvalue weighted by atomic mass is 10.2. The van der Waals surface area contributed by atoms with Gasteiger partial charge in [-0.1, -0.05) is 17.8 Å². The summed E-state index contributed by atoms with van der Waals surface area (Å²) in [6, 6.07) is 8.80. The number of aryl methyl sites for hydroxylation is 1. The number of aromatic nitrogens is 2. The van der Waals surface area contributed by atoms with Crippen LogP contribution in [0.4, 0.5) is 11.5 Å². The predicted octanol–water partition coefficient (Wildman–Crippen LogP) is 1.44. The number of aromatic amines is 1. The van der Waals surface area contributed by atoms with Crippen LogP contribution in [0.2, 0.25) is 0 Å². The Morgan fingerprint density at radius 1 is 1.38 bits per heavy atom. The Bertz CT molecular complexity index is 1070. The number of hydrogen-bond donors (Lipinski definition) is 2. The number of anilines is 2. The first-order valence-corrected chi connectivity index (χ1v) is 11.7. The van der Waals surface area contributed by atoms with Crippen molar-refractivity contribution in [1.29, 1.82) is 0 Å². The number of carbonyl (C=O) groups excluding carboxylic acids is 1. The van der Waals surface area contributed by atoms with Crippen LogP contribution in [0.5, 0.6) is 5.75 Å². The van der Waals surface area contributed by atoms with Crippen molar-refractivity contribution in [3.8, 4) is 5.75 Å². The lowest BCUT2D eigenvalue weighted by Crippen LogP contribution is -2.36. The molecule has 0 bridgehead atoms. The molecule has 29 heavy (non-hydrogen) atoms. The Hall–Kier alpha value is -2.53. The van der Waals surface area contributed by atoms with Crippen molar-refractivity contribution in [2.75, 3.05) is 35.4 Å². The summed E-state index contributed by atoms with van der Waals surface area (Å²) in [5.74, 6) is 1.01. The number of nitrogens with one attached hydrogen (secondary N) is 2. The van der Waals surface area contributed by atoms with Crippen LogP contribution in [0.1, 0.15) is 5.69 Å². The van der Waals surface area contributed by atoms with Crippen LogP contribution >= 0.6 is 11.8 Å². The average Bonchev–Trinajstić information content (AvgIpc) is 3.32. The van der Waals surface area contributed by atoms with Gasteiger partial charge >= 0.3 is 0 Å². The maximum Gasteiger partial charge on any atom is 0.245 e. The lowest BCUT2D eigenvalue weighted by Gasteiger charge is -2.24. The quantitative estimate of drug-likeness (QED) is 0.730. The van der Waals surface area contributed by atoms with Crippen LogP contribution in [0, 0.1) is 6.92 Å². The van der Waals surface area contributed by atoms with E-state index in [0.717, 1.165) is 11.4 Å². The van der Waals surface area contributed by atoms with Crippen molar-refractivity contribution >= 4 is 44.2 Å². The fraction of sp³-hybridized carbons (Fsp3) is 0.389. The minimum atomic E-state index is -3.05. The summed E-state index contributed by atoms with van der Waals surface area (Å²) in [6.07, 6.45) is 0. The summed E-state index contributed by atoms with van der Waals surface area (Å²) in [5, 5.41) is 10.1. The van der Waals surface area contributed by atoms with Gasteiger partial charge in [0.05, 0.1) is 24.7 Å². The molecule has 1 amide bonds. The lowest BCUT2D eigenvalue weighted by molar-refractivity contribution is -0.114. The molecule has 1 aromatic heterocycles. The van der Waals surface area contributed by atoms with E-state index in [1.807, 2.05) is 31.2 Å². The summed E-state index contributed by atoms with van der Waals surface area (Å²) in [7, 11) is -1.47. The summed E-state index contributed by atoms with van der Waals surface area (Å²) in [4.78, 5) is 19.1. The van der Waals surface area contributed by atoms with E-state index in [1.54, 1.807) is 18.1 Å². The van der Waals surface area contributed by atoms with Gasteiger partial charge in [0.15, 0.2) is 20.8 Å². The number of rotatable bonds is 5. The Labute approximate surface area is 172 Å². The van der Waals surface area contributed by atoms with E-state index >= 15 is 0 Å². The molecular weight excluding hydrogens is 414 g/mol. The molecular formula is C18H21N5O4S2. The molecule has 2 aliphatic heterocycles. The number of thioether (sulfide) groups is 1. The zero-order chi connectivity index (χ0) is 20.6. The van der Waals surface area contributed by atoms with E-state index in [-0.39, 0.29) is 35.2 Å². The van der Waals surface area contributed by atoms with E-state index in [4.69, 9.17) is 4.74 Å². The van der Waals surface area contributed by atoms with Crippen LogP contribution in [-0.4, -0.2) is 66.1 Å². The molecule has 0 spiro atoms. The van der Waals surface area contributed by atoms with Gasteiger partial charge in [-0.3, -0.25) is 14.9 Å². The van der Waals surface area contributed by atoms with Crippen LogP contribution in [0.3, 0.4) is 0 Å². The maximum absolute atomic E-state index is 12.7.